The fourth-order valence-corrected chi connectivity index (χ4v) is 2.77. The lowest BCUT2D eigenvalue weighted by Crippen LogP contribution is -2.00. The van der Waals surface area contributed by atoms with Crippen molar-refractivity contribution in [3.8, 4) is 28.7 Å². The Balaban J connectivity index is 1.77. The van der Waals surface area contributed by atoms with E-state index < -0.39 is 0 Å². The number of phenolic OH excluding ortho intramolecular Hbond substituents is 2. The molecule has 1 aliphatic rings. The number of ether oxygens (including phenoxy) is 4. The molecule has 0 radical (unpaired) electrons. The van der Waals surface area contributed by atoms with Crippen molar-refractivity contribution in [3.05, 3.63) is 41.5 Å². The van der Waals surface area contributed by atoms with Gasteiger partial charge >= 0.3 is 0 Å². The molecular formula is C18H20O6. The van der Waals surface area contributed by atoms with Crippen molar-refractivity contribution in [1.29, 1.82) is 0 Å². The highest BCUT2D eigenvalue weighted by Crippen LogP contribution is 2.45. The average molecular weight is 332 g/mol. The summed E-state index contributed by atoms with van der Waals surface area (Å²) < 4.78 is 21.3. The maximum absolute atomic E-state index is 10.2. The van der Waals surface area contributed by atoms with Gasteiger partial charge in [0.05, 0.1) is 27.4 Å². The molecule has 1 aliphatic heterocycles. The van der Waals surface area contributed by atoms with Crippen molar-refractivity contribution >= 4 is 0 Å². The van der Waals surface area contributed by atoms with Gasteiger partial charge in [0.2, 0.25) is 0 Å². The van der Waals surface area contributed by atoms with Crippen LogP contribution in [0.4, 0.5) is 0 Å². The van der Waals surface area contributed by atoms with Gasteiger partial charge in [-0.25, -0.2) is 0 Å². The molecule has 0 amide bonds. The first-order chi connectivity index (χ1) is 11.6. The van der Waals surface area contributed by atoms with Gasteiger partial charge in [-0.3, -0.25) is 0 Å². The second kappa shape index (κ2) is 6.49. The van der Waals surface area contributed by atoms with Gasteiger partial charge < -0.3 is 29.2 Å². The molecule has 0 unspecified atom stereocenters. The molecule has 1 heterocycles. The molecule has 128 valence electrons. The molecule has 0 saturated carbocycles. The molecule has 3 rings (SSSR count). The molecule has 0 bridgehead atoms. The van der Waals surface area contributed by atoms with Crippen LogP contribution in [0.15, 0.2) is 30.3 Å². The first-order valence-electron chi connectivity index (χ1n) is 7.53. The zero-order valence-corrected chi connectivity index (χ0v) is 13.8. The van der Waals surface area contributed by atoms with Crippen LogP contribution >= 0.6 is 0 Å². The van der Waals surface area contributed by atoms with E-state index in [2.05, 4.69) is 0 Å². The lowest BCUT2D eigenvalue weighted by atomic mass is 10.0. The monoisotopic (exact) mass is 332 g/mol. The Hall–Kier alpha value is -2.60. The van der Waals surface area contributed by atoms with Crippen LogP contribution in [0, 0.1) is 0 Å². The van der Waals surface area contributed by atoms with Crippen molar-refractivity contribution in [2.45, 2.75) is 18.6 Å². The van der Waals surface area contributed by atoms with Crippen molar-refractivity contribution in [2.24, 2.45) is 0 Å². The number of epoxide rings is 1. The molecule has 6 heteroatoms. The Bertz CT molecular complexity index is 743. The van der Waals surface area contributed by atoms with Crippen LogP contribution in [0.3, 0.4) is 0 Å². The number of rotatable bonds is 6. The fourth-order valence-electron chi connectivity index (χ4n) is 2.77. The first-order valence-corrected chi connectivity index (χ1v) is 7.53. The normalized spacial score (nSPS) is 19.0. The molecule has 1 saturated heterocycles. The van der Waals surface area contributed by atoms with Gasteiger partial charge in [-0.1, -0.05) is 6.07 Å². The van der Waals surface area contributed by atoms with Crippen LogP contribution < -0.4 is 14.2 Å². The van der Waals surface area contributed by atoms with E-state index in [0.717, 1.165) is 5.56 Å². The maximum atomic E-state index is 10.2. The lowest BCUT2D eigenvalue weighted by molar-refractivity contribution is 0.356. The predicted octanol–water partition coefficient (Wildman–Crippen LogP) is 2.81. The minimum absolute atomic E-state index is 0.0764. The number of hydrogen-bond acceptors (Lipinski definition) is 6. The topological polar surface area (TPSA) is 80.7 Å². The van der Waals surface area contributed by atoms with Crippen LogP contribution in [0.1, 0.15) is 17.2 Å². The van der Waals surface area contributed by atoms with Crippen LogP contribution in [0.2, 0.25) is 0 Å². The maximum Gasteiger partial charge on any atom is 0.160 e. The smallest absolute Gasteiger partial charge is 0.160 e. The summed E-state index contributed by atoms with van der Waals surface area (Å²) in [5.74, 6) is 1.71. The third kappa shape index (κ3) is 3.05. The van der Waals surface area contributed by atoms with E-state index in [1.807, 2.05) is 0 Å². The molecular weight excluding hydrogens is 312 g/mol. The minimum Gasteiger partial charge on any atom is -0.507 e. The van der Waals surface area contributed by atoms with E-state index in [0.29, 0.717) is 29.2 Å². The van der Waals surface area contributed by atoms with Crippen LogP contribution in [0.5, 0.6) is 28.7 Å². The zero-order valence-electron chi connectivity index (χ0n) is 13.8. The predicted molar refractivity (Wildman–Crippen MR) is 87.2 cm³/mol. The van der Waals surface area contributed by atoms with Crippen molar-refractivity contribution < 1.29 is 29.2 Å². The number of hydrogen-bond donors (Lipinski definition) is 2. The fraction of sp³-hybridized carbons (Fsp3) is 0.333. The second-order valence-electron chi connectivity index (χ2n) is 5.56. The van der Waals surface area contributed by atoms with E-state index in [-0.39, 0.29) is 23.7 Å². The summed E-state index contributed by atoms with van der Waals surface area (Å²) in [6.07, 6.45) is 0.325. The highest BCUT2D eigenvalue weighted by molar-refractivity contribution is 5.51. The molecule has 2 aromatic rings. The minimum atomic E-state index is -0.106. The third-order valence-corrected chi connectivity index (χ3v) is 4.13. The molecule has 0 spiro atoms. The largest absolute Gasteiger partial charge is 0.507 e. The molecule has 2 N–H and O–H groups in total. The summed E-state index contributed by atoms with van der Waals surface area (Å²) in [5.41, 5.74) is 1.60. The van der Waals surface area contributed by atoms with Crippen molar-refractivity contribution in [3.63, 3.8) is 0 Å². The quantitative estimate of drug-likeness (QED) is 0.792. The van der Waals surface area contributed by atoms with Gasteiger partial charge in [0.25, 0.3) is 0 Å². The zero-order chi connectivity index (χ0) is 17.3. The molecule has 0 aromatic heterocycles. The Kier molecular flexibility index (Phi) is 4.40. The van der Waals surface area contributed by atoms with Crippen LogP contribution in [-0.4, -0.2) is 37.6 Å². The number of aromatic hydroxyl groups is 2. The second-order valence-corrected chi connectivity index (χ2v) is 5.56. The van der Waals surface area contributed by atoms with E-state index in [4.69, 9.17) is 18.9 Å². The average Bonchev–Trinajstić information content (AvgIpc) is 3.36. The standard InChI is InChI=1S/C18H20O6/c1-21-11-7-14(20)12(15(8-11)22-2)9-17-18(24-17)10-4-5-13(19)16(6-10)23-3/h4-8,17-20H,9H2,1-3H3/t17-,18-/m0/s1. The molecule has 2 aromatic carbocycles. The molecule has 2 atom stereocenters. The highest BCUT2D eigenvalue weighted by Gasteiger charge is 2.41. The van der Waals surface area contributed by atoms with Gasteiger partial charge in [0.15, 0.2) is 11.5 Å². The Morgan fingerprint density at radius 1 is 0.917 bits per heavy atom. The first kappa shape index (κ1) is 16.3. The number of benzene rings is 2. The third-order valence-electron chi connectivity index (χ3n) is 4.13. The number of methoxy groups -OCH3 is 3. The molecule has 6 nitrogen and oxygen atoms in total. The number of phenols is 2. The summed E-state index contributed by atoms with van der Waals surface area (Å²) in [6, 6.07) is 8.42. The van der Waals surface area contributed by atoms with Crippen LogP contribution in [-0.2, 0) is 11.2 Å². The molecule has 0 aliphatic carbocycles. The summed E-state index contributed by atoms with van der Waals surface area (Å²) in [4.78, 5) is 0. The van der Waals surface area contributed by atoms with E-state index >= 15 is 0 Å². The Morgan fingerprint density at radius 3 is 2.33 bits per heavy atom. The van der Waals surface area contributed by atoms with Gasteiger partial charge in [0.1, 0.15) is 23.4 Å². The van der Waals surface area contributed by atoms with Gasteiger partial charge in [-0.2, -0.15) is 0 Å². The molecule has 1 fully saturated rings. The summed E-state index contributed by atoms with van der Waals surface area (Å²) >= 11 is 0. The molecule has 24 heavy (non-hydrogen) atoms. The van der Waals surface area contributed by atoms with Crippen molar-refractivity contribution in [2.75, 3.05) is 21.3 Å². The van der Waals surface area contributed by atoms with Crippen LogP contribution in [0.25, 0.3) is 0 Å². The Labute approximate surface area is 140 Å². The van der Waals surface area contributed by atoms with Gasteiger partial charge in [-0.05, 0) is 17.7 Å². The lowest BCUT2D eigenvalue weighted by Gasteiger charge is -2.11. The van der Waals surface area contributed by atoms with E-state index in [1.165, 1.54) is 14.2 Å². The summed E-state index contributed by atoms with van der Waals surface area (Å²) in [7, 11) is 4.59. The van der Waals surface area contributed by atoms with Gasteiger partial charge in [0, 0.05) is 24.1 Å². The SMILES string of the molecule is COc1cc(O)c(C[C@@H]2O[C@H]2c2ccc(O)c(OC)c2)c(OC)c1. The van der Waals surface area contributed by atoms with E-state index in [9.17, 15) is 10.2 Å². The summed E-state index contributed by atoms with van der Waals surface area (Å²) in [5, 5.41) is 19.9. The Morgan fingerprint density at radius 2 is 1.67 bits per heavy atom. The summed E-state index contributed by atoms with van der Waals surface area (Å²) in [6.45, 7) is 0. The van der Waals surface area contributed by atoms with Crippen molar-refractivity contribution in [1.82, 2.24) is 0 Å². The van der Waals surface area contributed by atoms with E-state index in [1.54, 1.807) is 37.4 Å². The highest BCUT2D eigenvalue weighted by atomic mass is 16.6. The van der Waals surface area contributed by atoms with Gasteiger partial charge in [-0.15, -0.1) is 0 Å².